The van der Waals surface area contributed by atoms with Gasteiger partial charge >= 0.3 is 5.97 Å². The minimum absolute atomic E-state index is 0.113. The Morgan fingerprint density at radius 2 is 2.12 bits per heavy atom. The van der Waals surface area contributed by atoms with E-state index in [2.05, 4.69) is 12.2 Å². The molecule has 0 aromatic rings. The Kier molecular flexibility index (Phi) is 5.98. The monoisotopic (exact) mass is 225 g/mol. The quantitative estimate of drug-likeness (QED) is 0.535. The molecule has 1 N–H and O–H groups in total. The molecule has 3 nitrogen and oxygen atoms in total. The predicted octanol–water partition coefficient (Wildman–Crippen LogP) is 2.77. The van der Waals surface area contributed by atoms with Crippen molar-refractivity contribution >= 4 is 5.97 Å². The smallest absolute Gasteiger partial charge is 0.335 e. The minimum Gasteiger partial charge on any atom is -0.462 e. The fourth-order valence-corrected chi connectivity index (χ4v) is 2.03. The van der Waals surface area contributed by atoms with Gasteiger partial charge in [-0.25, -0.2) is 4.79 Å². The Morgan fingerprint density at radius 3 is 2.81 bits per heavy atom. The molecule has 16 heavy (non-hydrogen) atoms. The lowest BCUT2D eigenvalue weighted by molar-refractivity contribution is -0.139. The van der Waals surface area contributed by atoms with Crippen LogP contribution in [0.1, 0.15) is 51.9 Å². The third kappa shape index (κ3) is 3.87. The van der Waals surface area contributed by atoms with Gasteiger partial charge in [0.15, 0.2) is 0 Å². The van der Waals surface area contributed by atoms with E-state index in [0.717, 1.165) is 43.4 Å². The van der Waals surface area contributed by atoms with Crippen LogP contribution in [-0.4, -0.2) is 19.6 Å². The van der Waals surface area contributed by atoms with Gasteiger partial charge in [0.05, 0.1) is 12.2 Å². The fraction of sp³-hybridized carbons (Fsp3) is 0.769. The summed E-state index contributed by atoms with van der Waals surface area (Å²) in [6.07, 6.45) is 7.49. The van der Waals surface area contributed by atoms with Gasteiger partial charge in [0, 0.05) is 12.7 Å². The summed E-state index contributed by atoms with van der Waals surface area (Å²) in [6, 6.07) is 0. The molecule has 0 atom stereocenters. The van der Waals surface area contributed by atoms with E-state index in [9.17, 15) is 4.79 Å². The largest absolute Gasteiger partial charge is 0.462 e. The molecule has 0 radical (unpaired) electrons. The summed E-state index contributed by atoms with van der Waals surface area (Å²) in [5.74, 6) is -0.113. The van der Waals surface area contributed by atoms with Crippen molar-refractivity contribution in [3.05, 3.63) is 11.3 Å². The number of hydrogen-bond acceptors (Lipinski definition) is 3. The van der Waals surface area contributed by atoms with Gasteiger partial charge in [-0.2, -0.15) is 0 Å². The maximum Gasteiger partial charge on any atom is 0.335 e. The van der Waals surface area contributed by atoms with Crippen molar-refractivity contribution in [1.82, 2.24) is 5.32 Å². The zero-order valence-electron chi connectivity index (χ0n) is 10.5. The van der Waals surface area contributed by atoms with Crippen LogP contribution in [0.15, 0.2) is 11.3 Å². The second-order valence-corrected chi connectivity index (χ2v) is 4.26. The van der Waals surface area contributed by atoms with Crippen LogP contribution in [0.3, 0.4) is 0 Å². The summed E-state index contributed by atoms with van der Waals surface area (Å²) in [7, 11) is 1.87. The van der Waals surface area contributed by atoms with Crippen molar-refractivity contribution in [2.24, 2.45) is 0 Å². The molecule has 0 aliphatic heterocycles. The van der Waals surface area contributed by atoms with E-state index >= 15 is 0 Å². The molecule has 0 saturated heterocycles. The topological polar surface area (TPSA) is 38.3 Å². The fourth-order valence-electron chi connectivity index (χ4n) is 2.03. The summed E-state index contributed by atoms with van der Waals surface area (Å²) < 4.78 is 5.27. The lowest BCUT2D eigenvalue weighted by Gasteiger charge is -2.07. The first kappa shape index (κ1) is 13.1. The molecule has 1 aliphatic carbocycles. The number of carbonyl (C=O) groups is 1. The standard InChI is InChI=1S/C13H23NO2/c1-3-4-5-6-10-16-13(15)11-8-7-9-12(11)14-2/h14H,3-10H2,1-2H3. The lowest BCUT2D eigenvalue weighted by Crippen LogP contribution is -2.13. The molecular formula is C13H23NO2. The normalized spacial score (nSPS) is 15.4. The number of ether oxygens (including phenoxy) is 1. The van der Waals surface area contributed by atoms with E-state index in [-0.39, 0.29) is 5.97 Å². The molecule has 0 unspecified atom stereocenters. The highest BCUT2D eigenvalue weighted by atomic mass is 16.5. The Morgan fingerprint density at radius 1 is 1.31 bits per heavy atom. The number of unbranched alkanes of at least 4 members (excludes halogenated alkanes) is 3. The number of esters is 1. The Labute approximate surface area is 98.2 Å². The van der Waals surface area contributed by atoms with Crippen molar-refractivity contribution in [3.63, 3.8) is 0 Å². The highest BCUT2D eigenvalue weighted by Crippen LogP contribution is 2.24. The Bertz CT molecular complexity index is 259. The van der Waals surface area contributed by atoms with E-state index in [1.54, 1.807) is 0 Å². The molecule has 1 rings (SSSR count). The molecule has 0 saturated carbocycles. The zero-order valence-corrected chi connectivity index (χ0v) is 10.5. The minimum atomic E-state index is -0.113. The van der Waals surface area contributed by atoms with Crippen molar-refractivity contribution in [3.8, 4) is 0 Å². The molecular weight excluding hydrogens is 202 g/mol. The number of rotatable bonds is 7. The van der Waals surface area contributed by atoms with E-state index < -0.39 is 0 Å². The first-order chi connectivity index (χ1) is 7.79. The van der Waals surface area contributed by atoms with Crippen LogP contribution in [0.4, 0.5) is 0 Å². The van der Waals surface area contributed by atoms with Crippen LogP contribution in [0.5, 0.6) is 0 Å². The average Bonchev–Trinajstić information content (AvgIpc) is 2.76. The second-order valence-electron chi connectivity index (χ2n) is 4.26. The van der Waals surface area contributed by atoms with E-state index in [4.69, 9.17) is 4.74 Å². The van der Waals surface area contributed by atoms with Gasteiger partial charge in [-0.15, -0.1) is 0 Å². The highest BCUT2D eigenvalue weighted by Gasteiger charge is 2.20. The number of allylic oxidation sites excluding steroid dienone is 1. The molecule has 0 amide bonds. The van der Waals surface area contributed by atoms with E-state index in [1.807, 2.05) is 7.05 Å². The van der Waals surface area contributed by atoms with Crippen molar-refractivity contribution in [2.45, 2.75) is 51.9 Å². The molecule has 0 heterocycles. The van der Waals surface area contributed by atoms with E-state index in [1.165, 1.54) is 12.8 Å². The molecule has 0 spiro atoms. The lowest BCUT2D eigenvalue weighted by atomic mass is 10.2. The van der Waals surface area contributed by atoms with Gasteiger partial charge in [-0.1, -0.05) is 26.2 Å². The van der Waals surface area contributed by atoms with Crippen LogP contribution in [-0.2, 0) is 9.53 Å². The summed E-state index contributed by atoms with van der Waals surface area (Å²) in [5.41, 5.74) is 1.93. The molecule has 1 aliphatic rings. The summed E-state index contributed by atoms with van der Waals surface area (Å²) in [4.78, 5) is 11.7. The third-order valence-corrected chi connectivity index (χ3v) is 3.00. The summed E-state index contributed by atoms with van der Waals surface area (Å²) in [6.45, 7) is 2.74. The molecule has 3 heteroatoms. The highest BCUT2D eigenvalue weighted by molar-refractivity contribution is 5.89. The van der Waals surface area contributed by atoms with Gasteiger partial charge < -0.3 is 10.1 Å². The molecule has 92 valence electrons. The van der Waals surface area contributed by atoms with Crippen LogP contribution in [0, 0.1) is 0 Å². The van der Waals surface area contributed by atoms with Crippen molar-refractivity contribution < 1.29 is 9.53 Å². The van der Waals surface area contributed by atoms with Crippen LogP contribution < -0.4 is 5.32 Å². The van der Waals surface area contributed by atoms with Crippen LogP contribution in [0.25, 0.3) is 0 Å². The molecule has 0 aromatic heterocycles. The van der Waals surface area contributed by atoms with Crippen molar-refractivity contribution in [2.75, 3.05) is 13.7 Å². The molecule has 0 aromatic carbocycles. The predicted molar refractivity (Wildman–Crippen MR) is 65.0 cm³/mol. The van der Waals surface area contributed by atoms with Gasteiger partial charge in [-0.05, 0) is 25.7 Å². The Balaban J connectivity index is 2.24. The van der Waals surface area contributed by atoms with Gasteiger partial charge in [0.1, 0.15) is 0 Å². The number of carbonyl (C=O) groups excluding carboxylic acids is 1. The average molecular weight is 225 g/mol. The third-order valence-electron chi connectivity index (χ3n) is 3.00. The Hall–Kier alpha value is -0.990. The first-order valence-corrected chi connectivity index (χ1v) is 6.36. The summed E-state index contributed by atoms with van der Waals surface area (Å²) >= 11 is 0. The van der Waals surface area contributed by atoms with Gasteiger partial charge in [0.2, 0.25) is 0 Å². The molecule has 0 bridgehead atoms. The molecule has 0 fully saturated rings. The van der Waals surface area contributed by atoms with Crippen molar-refractivity contribution in [1.29, 1.82) is 0 Å². The second kappa shape index (κ2) is 7.31. The number of nitrogens with one attached hydrogen (secondary N) is 1. The summed E-state index contributed by atoms with van der Waals surface area (Å²) in [5, 5.41) is 3.08. The SMILES string of the molecule is CCCCCCOC(=O)C1=C(NC)CCC1. The van der Waals surface area contributed by atoms with E-state index in [0.29, 0.717) is 6.61 Å². The maximum absolute atomic E-state index is 11.7. The van der Waals surface area contributed by atoms with Crippen LogP contribution in [0.2, 0.25) is 0 Å². The van der Waals surface area contributed by atoms with Gasteiger partial charge in [0.25, 0.3) is 0 Å². The van der Waals surface area contributed by atoms with Gasteiger partial charge in [-0.3, -0.25) is 0 Å². The zero-order chi connectivity index (χ0) is 11.8. The number of hydrogen-bond donors (Lipinski definition) is 1. The first-order valence-electron chi connectivity index (χ1n) is 6.36. The maximum atomic E-state index is 11.7. The van der Waals surface area contributed by atoms with Crippen LogP contribution >= 0.6 is 0 Å².